The van der Waals surface area contributed by atoms with E-state index in [9.17, 15) is 0 Å². The quantitative estimate of drug-likeness (QED) is 0.178. The molecular weight excluding hydrogens is 581 g/mol. The molecule has 0 saturated heterocycles. The Balaban J connectivity index is 1.31. The van der Waals surface area contributed by atoms with Gasteiger partial charge in [-0.25, -0.2) is 0 Å². The van der Waals surface area contributed by atoms with Crippen molar-refractivity contribution >= 4 is 68.6 Å². The minimum Gasteiger partial charge on any atom is -0.315 e. The van der Waals surface area contributed by atoms with Crippen molar-refractivity contribution in [2.75, 3.05) is 14.7 Å². The summed E-state index contributed by atoms with van der Waals surface area (Å²) < 4.78 is 0. The van der Waals surface area contributed by atoms with Crippen LogP contribution in [0.3, 0.4) is 0 Å². The van der Waals surface area contributed by atoms with Gasteiger partial charge in [0.15, 0.2) is 0 Å². The number of hydrogen-bond donors (Lipinski definition) is 0. The third-order valence-corrected chi connectivity index (χ3v) is 10.1. The lowest BCUT2D eigenvalue weighted by atomic mass is 9.33. The van der Waals surface area contributed by atoms with E-state index in [0.29, 0.717) is 0 Å². The normalized spacial score (nSPS) is 14.4. The first-order valence-corrected chi connectivity index (χ1v) is 16.9. The number of aryl methyl sites for hydroxylation is 1. The number of anilines is 8. The molecule has 2 heterocycles. The fourth-order valence-corrected chi connectivity index (χ4v) is 7.87. The summed E-state index contributed by atoms with van der Waals surface area (Å²) in [6, 6.07) is 53.3. The van der Waals surface area contributed by atoms with Gasteiger partial charge in [-0.3, -0.25) is 0 Å². The Morgan fingerprint density at radius 3 is 1.83 bits per heavy atom. The largest absolute Gasteiger partial charge is 0.315 e. The average Bonchev–Trinajstić information content (AvgIpc) is 3.13. The Morgan fingerprint density at radius 1 is 0.500 bits per heavy atom. The van der Waals surface area contributed by atoms with Crippen molar-refractivity contribution in [1.29, 1.82) is 0 Å². The summed E-state index contributed by atoms with van der Waals surface area (Å²) in [5, 5.41) is 0. The molecule has 0 radical (unpaired) electrons. The fourth-order valence-electron chi connectivity index (χ4n) is 7.87. The molecule has 0 N–H and O–H groups in total. The molecular formula is C44H36BN3. The van der Waals surface area contributed by atoms with Crippen LogP contribution in [0.25, 0.3) is 0 Å². The van der Waals surface area contributed by atoms with E-state index < -0.39 is 0 Å². The molecule has 0 spiro atoms. The van der Waals surface area contributed by atoms with E-state index in [4.69, 9.17) is 0 Å². The third-order valence-electron chi connectivity index (χ3n) is 10.1. The zero-order chi connectivity index (χ0) is 32.2. The van der Waals surface area contributed by atoms with Crippen LogP contribution in [0.15, 0.2) is 169 Å². The van der Waals surface area contributed by atoms with Gasteiger partial charge in [0, 0.05) is 51.2 Å². The molecule has 3 nitrogen and oxygen atoms in total. The molecule has 0 atom stereocenters. The van der Waals surface area contributed by atoms with Crippen LogP contribution in [0.5, 0.6) is 0 Å². The Labute approximate surface area is 283 Å². The van der Waals surface area contributed by atoms with Gasteiger partial charge in [0.1, 0.15) is 0 Å². The third kappa shape index (κ3) is 4.59. The van der Waals surface area contributed by atoms with Crippen molar-refractivity contribution < 1.29 is 0 Å². The molecule has 0 amide bonds. The summed E-state index contributed by atoms with van der Waals surface area (Å²) in [4.78, 5) is 7.39. The molecule has 0 fully saturated rings. The van der Waals surface area contributed by atoms with Gasteiger partial charge in [-0.05, 0) is 116 Å². The zero-order valence-corrected chi connectivity index (χ0v) is 27.3. The van der Waals surface area contributed by atoms with Crippen LogP contribution in [0.1, 0.15) is 25.3 Å². The summed E-state index contributed by atoms with van der Waals surface area (Å²) in [7, 11) is 0. The van der Waals surface area contributed by atoms with Gasteiger partial charge in [0.05, 0.1) is 0 Å². The Kier molecular flexibility index (Phi) is 6.83. The predicted octanol–water partition coefficient (Wildman–Crippen LogP) is 9.84. The summed E-state index contributed by atoms with van der Waals surface area (Å²) in [6.07, 6.45) is 6.75. The molecule has 2 aliphatic heterocycles. The number of rotatable bonds is 5. The van der Waals surface area contributed by atoms with Gasteiger partial charge in [0.25, 0.3) is 6.71 Å². The maximum absolute atomic E-state index is 2.54. The molecule has 4 heteroatoms. The van der Waals surface area contributed by atoms with Crippen molar-refractivity contribution in [3.63, 3.8) is 0 Å². The van der Waals surface area contributed by atoms with E-state index in [0.717, 1.165) is 35.6 Å². The lowest BCUT2D eigenvalue weighted by Crippen LogP contribution is -2.61. The first-order valence-electron chi connectivity index (χ1n) is 16.9. The number of nitrogens with zero attached hydrogens (tertiary/aromatic N) is 3. The van der Waals surface area contributed by atoms with Gasteiger partial charge in [-0.15, -0.1) is 0 Å². The molecule has 0 saturated carbocycles. The van der Waals surface area contributed by atoms with Crippen LogP contribution in [0, 0.1) is 6.92 Å². The van der Waals surface area contributed by atoms with Crippen LogP contribution >= 0.6 is 0 Å². The minimum atomic E-state index is 0.106. The molecule has 230 valence electrons. The molecule has 48 heavy (non-hydrogen) atoms. The van der Waals surface area contributed by atoms with E-state index in [1.54, 1.807) is 0 Å². The van der Waals surface area contributed by atoms with Crippen molar-refractivity contribution in [3.05, 3.63) is 175 Å². The number of allylic oxidation sites excluding steroid dienone is 4. The lowest BCUT2D eigenvalue weighted by molar-refractivity contribution is 0.875. The molecule has 0 unspecified atom stereocenters. The van der Waals surface area contributed by atoms with Gasteiger partial charge in [-0.1, -0.05) is 96.1 Å². The van der Waals surface area contributed by atoms with E-state index in [-0.39, 0.29) is 6.71 Å². The zero-order valence-electron chi connectivity index (χ0n) is 27.3. The summed E-state index contributed by atoms with van der Waals surface area (Å²) in [5.41, 5.74) is 17.7. The predicted molar refractivity (Wildman–Crippen MR) is 205 cm³/mol. The highest BCUT2D eigenvalue weighted by Crippen LogP contribution is 2.45. The van der Waals surface area contributed by atoms with Crippen LogP contribution in [-0.2, 0) is 0 Å². The molecule has 0 bridgehead atoms. The number of benzene rings is 6. The maximum Gasteiger partial charge on any atom is 0.252 e. The van der Waals surface area contributed by atoms with Crippen LogP contribution in [0.2, 0.25) is 0 Å². The Hall–Kier alpha value is -5.74. The van der Waals surface area contributed by atoms with Crippen LogP contribution < -0.4 is 31.1 Å². The number of fused-ring (bicyclic) bond motifs is 4. The van der Waals surface area contributed by atoms with Crippen molar-refractivity contribution in [2.24, 2.45) is 0 Å². The van der Waals surface area contributed by atoms with E-state index in [1.165, 1.54) is 56.0 Å². The molecule has 0 aromatic heterocycles. The molecule has 9 rings (SSSR count). The SMILES string of the molecule is CC1=CC=C(N2c3ccc(C)cc3B3c4ccc(N(c5ccccc5)c5ccccc5)cc4N(c4ccccc4)c4cccc2c43)CC1. The highest BCUT2D eigenvalue weighted by atomic mass is 15.2. The second-order valence-corrected chi connectivity index (χ2v) is 13.1. The first-order chi connectivity index (χ1) is 23.7. The molecule has 6 aromatic carbocycles. The standard InChI is InChI=1S/C44H36BN3/c1-31-21-24-36(25-22-31)47-40-28-23-32(2)29-39(40)45-38-27-26-37(46(33-13-6-3-7-14-33)34-15-8-4-9-16-34)30-43(38)48(35-17-10-5-11-18-35)42-20-12-19-41(47)44(42)45/h3-21,23-24,26-30H,22,25H2,1-2H3. The van der Waals surface area contributed by atoms with Crippen LogP contribution in [-0.4, -0.2) is 6.71 Å². The number of hydrogen-bond acceptors (Lipinski definition) is 3. The minimum absolute atomic E-state index is 0.106. The van der Waals surface area contributed by atoms with Gasteiger partial charge < -0.3 is 14.7 Å². The molecule has 1 aliphatic carbocycles. The first kappa shape index (κ1) is 28.5. The topological polar surface area (TPSA) is 9.72 Å². The number of para-hydroxylation sites is 3. The maximum atomic E-state index is 2.54. The van der Waals surface area contributed by atoms with Crippen molar-refractivity contribution in [2.45, 2.75) is 26.7 Å². The smallest absolute Gasteiger partial charge is 0.252 e. The van der Waals surface area contributed by atoms with Gasteiger partial charge >= 0.3 is 0 Å². The van der Waals surface area contributed by atoms with Gasteiger partial charge in [0.2, 0.25) is 0 Å². The fraction of sp³-hybridized carbons (Fsp3) is 0.0909. The second kappa shape index (κ2) is 11.5. The summed E-state index contributed by atoms with van der Waals surface area (Å²) in [6.45, 7) is 4.56. The highest BCUT2D eigenvalue weighted by molar-refractivity contribution is 7.00. The van der Waals surface area contributed by atoms with E-state index >= 15 is 0 Å². The van der Waals surface area contributed by atoms with Crippen LogP contribution in [0.4, 0.5) is 45.5 Å². The molecule has 6 aromatic rings. The highest BCUT2D eigenvalue weighted by Gasteiger charge is 2.43. The molecule has 3 aliphatic rings. The van der Waals surface area contributed by atoms with Crippen molar-refractivity contribution in [3.8, 4) is 0 Å². The Bertz CT molecular complexity index is 2180. The Morgan fingerprint density at radius 2 is 1.17 bits per heavy atom. The van der Waals surface area contributed by atoms with Crippen molar-refractivity contribution in [1.82, 2.24) is 0 Å². The summed E-state index contributed by atoms with van der Waals surface area (Å²) in [5.74, 6) is 0. The van der Waals surface area contributed by atoms with Gasteiger partial charge in [-0.2, -0.15) is 0 Å². The second-order valence-electron chi connectivity index (χ2n) is 13.1. The van der Waals surface area contributed by atoms with E-state index in [2.05, 4.69) is 186 Å². The monoisotopic (exact) mass is 617 g/mol. The van der Waals surface area contributed by atoms with E-state index in [1.807, 2.05) is 0 Å². The lowest BCUT2D eigenvalue weighted by Gasteiger charge is -2.45. The summed E-state index contributed by atoms with van der Waals surface area (Å²) >= 11 is 0. The average molecular weight is 618 g/mol.